The number of nitrogens with zero attached hydrogens (tertiary/aromatic N) is 2. The monoisotopic (exact) mass is 330 g/mol. The Morgan fingerprint density at radius 1 is 1.08 bits per heavy atom. The van der Waals surface area contributed by atoms with Crippen LogP contribution in [0.5, 0.6) is 0 Å². The number of piperidine rings is 1. The van der Waals surface area contributed by atoms with Gasteiger partial charge in [0.15, 0.2) is 0 Å². The van der Waals surface area contributed by atoms with Gasteiger partial charge in [-0.1, -0.05) is 31.2 Å². The molecule has 1 aliphatic rings. The van der Waals surface area contributed by atoms with Crippen molar-refractivity contribution >= 4 is 11.8 Å². The first-order valence-corrected chi connectivity index (χ1v) is 9.05. The summed E-state index contributed by atoms with van der Waals surface area (Å²) in [5, 5.41) is 0. The van der Waals surface area contributed by atoms with Gasteiger partial charge in [0, 0.05) is 40.0 Å². The number of benzene rings is 1. The number of aryl methyl sites for hydroxylation is 1. The molecule has 0 saturated carbocycles. The van der Waals surface area contributed by atoms with Crippen molar-refractivity contribution in [3.05, 3.63) is 35.4 Å². The Bertz CT molecular complexity index is 543. The molecule has 1 aromatic carbocycles. The van der Waals surface area contributed by atoms with Crippen molar-refractivity contribution in [2.45, 2.75) is 45.4 Å². The fraction of sp³-hybridized carbons (Fsp3) is 0.600. The third-order valence-corrected chi connectivity index (χ3v) is 4.94. The average Bonchev–Trinajstić information content (AvgIpc) is 2.60. The number of hydrogen-bond donors (Lipinski definition) is 0. The molecule has 24 heavy (non-hydrogen) atoms. The Morgan fingerprint density at radius 3 is 2.21 bits per heavy atom. The maximum Gasteiger partial charge on any atom is 0.222 e. The fourth-order valence-electron chi connectivity index (χ4n) is 3.26. The minimum atomic E-state index is 0.174. The zero-order chi connectivity index (χ0) is 17.5. The molecule has 0 N–H and O–H groups in total. The molecule has 2 rings (SSSR count). The topological polar surface area (TPSA) is 40.6 Å². The summed E-state index contributed by atoms with van der Waals surface area (Å²) < 4.78 is 0. The Hall–Kier alpha value is -1.84. The minimum Gasteiger partial charge on any atom is -0.349 e. The van der Waals surface area contributed by atoms with Crippen molar-refractivity contribution in [2.24, 2.45) is 5.92 Å². The molecule has 0 aliphatic carbocycles. The maximum absolute atomic E-state index is 11.7. The van der Waals surface area contributed by atoms with E-state index >= 15 is 0 Å². The predicted octanol–water partition coefficient (Wildman–Crippen LogP) is 2.90. The smallest absolute Gasteiger partial charge is 0.222 e. The highest BCUT2D eigenvalue weighted by molar-refractivity contribution is 5.76. The minimum absolute atomic E-state index is 0.174. The summed E-state index contributed by atoms with van der Waals surface area (Å²) in [6, 6.07) is 8.68. The van der Waals surface area contributed by atoms with E-state index in [0.717, 1.165) is 38.8 Å². The van der Waals surface area contributed by atoms with Gasteiger partial charge in [-0.3, -0.25) is 9.59 Å². The van der Waals surface area contributed by atoms with Gasteiger partial charge >= 0.3 is 0 Å². The molecule has 0 spiro atoms. The Morgan fingerprint density at radius 2 is 1.67 bits per heavy atom. The lowest BCUT2D eigenvalue weighted by Crippen LogP contribution is -2.38. The van der Waals surface area contributed by atoms with Crippen LogP contribution in [0, 0.1) is 5.92 Å². The van der Waals surface area contributed by atoms with Gasteiger partial charge in [-0.15, -0.1) is 0 Å². The van der Waals surface area contributed by atoms with Crippen LogP contribution < -0.4 is 0 Å². The van der Waals surface area contributed by atoms with E-state index in [0.29, 0.717) is 18.8 Å². The van der Waals surface area contributed by atoms with Crippen LogP contribution in [0.4, 0.5) is 0 Å². The van der Waals surface area contributed by atoms with Crippen LogP contribution in [0.2, 0.25) is 0 Å². The van der Waals surface area contributed by atoms with Gasteiger partial charge < -0.3 is 9.80 Å². The van der Waals surface area contributed by atoms with Crippen molar-refractivity contribution in [3.8, 4) is 0 Å². The van der Waals surface area contributed by atoms with Gasteiger partial charge in [-0.25, -0.2) is 0 Å². The van der Waals surface area contributed by atoms with Gasteiger partial charge in [0.1, 0.15) is 0 Å². The largest absolute Gasteiger partial charge is 0.349 e. The molecule has 0 atom stereocenters. The second-order valence-electron chi connectivity index (χ2n) is 6.99. The molecule has 2 amide bonds. The number of carbonyl (C=O) groups excluding carboxylic acids is 2. The highest BCUT2D eigenvalue weighted by Gasteiger charge is 2.21. The molecule has 0 unspecified atom stereocenters. The standard InChI is InChI=1S/C20H30N2O2/c1-4-19(23)22-13-11-18(12-14-22)15-17-7-5-16(6-8-17)9-10-20(24)21(2)3/h5-8,18H,4,9-15H2,1-3H3. The molecule has 1 aromatic rings. The van der Waals surface area contributed by atoms with E-state index in [2.05, 4.69) is 24.3 Å². The Kier molecular flexibility index (Phi) is 6.83. The van der Waals surface area contributed by atoms with Crippen molar-refractivity contribution in [2.75, 3.05) is 27.2 Å². The number of rotatable bonds is 6. The van der Waals surface area contributed by atoms with Crippen molar-refractivity contribution in [3.63, 3.8) is 0 Å². The number of hydrogen-bond acceptors (Lipinski definition) is 2. The third kappa shape index (κ3) is 5.36. The van der Waals surface area contributed by atoms with Crippen LogP contribution in [-0.4, -0.2) is 48.8 Å². The lowest BCUT2D eigenvalue weighted by molar-refractivity contribution is -0.132. The van der Waals surface area contributed by atoms with Crippen LogP contribution in [0.1, 0.15) is 43.7 Å². The summed E-state index contributed by atoms with van der Waals surface area (Å²) in [6.07, 6.45) is 5.27. The summed E-state index contributed by atoms with van der Waals surface area (Å²) in [6.45, 7) is 3.74. The molecule has 1 aliphatic heterocycles. The lowest BCUT2D eigenvalue weighted by Gasteiger charge is -2.32. The van der Waals surface area contributed by atoms with E-state index in [1.54, 1.807) is 19.0 Å². The van der Waals surface area contributed by atoms with Gasteiger partial charge in [0.25, 0.3) is 0 Å². The highest BCUT2D eigenvalue weighted by Crippen LogP contribution is 2.22. The van der Waals surface area contributed by atoms with E-state index in [-0.39, 0.29) is 11.8 Å². The van der Waals surface area contributed by atoms with Gasteiger partial charge in [0.05, 0.1) is 0 Å². The molecule has 4 nitrogen and oxygen atoms in total. The second kappa shape index (κ2) is 8.86. The third-order valence-electron chi connectivity index (χ3n) is 4.94. The Balaban J connectivity index is 1.78. The zero-order valence-electron chi connectivity index (χ0n) is 15.3. The molecular formula is C20H30N2O2. The SMILES string of the molecule is CCC(=O)N1CCC(Cc2ccc(CCC(=O)N(C)C)cc2)CC1. The predicted molar refractivity (Wildman–Crippen MR) is 96.8 cm³/mol. The molecule has 0 aromatic heterocycles. The first-order valence-electron chi connectivity index (χ1n) is 9.05. The van der Waals surface area contributed by atoms with Gasteiger partial charge in [-0.05, 0) is 42.7 Å². The van der Waals surface area contributed by atoms with Crippen LogP contribution in [0.25, 0.3) is 0 Å². The van der Waals surface area contributed by atoms with E-state index in [1.165, 1.54) is 11.1 Å². The van der Waals surface area contributed by atoms with E-state index in [9.17, 15) is 9.59 Å². The quantitative estimate of drug-likeness (QED) is 0.805. The van der Waals surface area contributed by atoms with E-state index in [1.807, 2.05) is 11.8 Å². The van der Waals surface area contributed by atoms with E-state index < -0.39 is 0 Å². The van der Waals surface area contributed by atoms with Gasteiger partial charge in [0.2, 0.25) is 11.8 Å². The number of carbonyl (C=O) groups is 2. The fourth-order valence-corrected chi connectivity index (χ4v) is 3.26. The summed E-state index contributed by atoms with van der Waals surface area (Å²) in [5.74, 6) is 1.13. The molecule has 132 valence electrons. The van der Waals surface area contributed by atoms with Crippen molar-refractivity contribution in [1.82, 2.24) is 9.80 Å². The molecule has 0 bridgehead atoms. The molecular weight excluding hydrogens is 300 g/mol. The first kappa shape index (κ1) is 18.5. The van der Waals surface area contributed by atoms with Crippen molar-refractivity contribution < 1.29 is 9.59 Å². The molecule has 0 radical (unpaired) electrons. The Labute approximate surface area is 145 Å². The highest BCUT2D eigenvalue weighted by atomic mass is 16.2. The molecule has 1 saturated heterocycles. The maximum atomic E-state index is 11.7. The van der Waals surface area contributed by atoms with Gasteiger partial charge in [-0.2, -0.15) is 0 Å². The van der Waals surface area contributed by atoms with Crippen LogP contribution in [-0.2, 0) is 22.4 Å². The number of likely N-dealkylation sites (tertiary alicyclic amines) is 1. The molecule has 1 fully saturated rings. The molecule has 4 heteroatoms. The zero-order valence-corrected chi connectivity index (χ0v) is 15.3. The first-order chi connectivity index (χ1) is 11.5. The lowest BCUT2D eigenvalue weighted by atomic mass is 9.89. The summed E-state index contributed by atoms with van der Waals surface area (Å²) in [7, 11) is 3.59. The number of amides is 2. The second-order valence-corrected chi connectivity index (χ2v) is 6.99. The van der Waals surface area contributed by atoms with E-state index in [4.69, 9.17) is 0 Å². The molecule has 1 heterocycles. The summed E-state index contributed by atoms with van der Waals surface area (Å²) in [4.78, 5) is 27.0. The average molecular weight is 330 g/mol. The van der Waals surface area contributed by atoms with Crippen LogP contribution >= 0.6 is 0 Å². The van der Waals surface area contributed by atoms with Crippen molar-refractivity contribution in [1.29, 1.82) is 0 Å². The summed E-state index contributed by atoms with van der Waals surface area (Å²) >= 11 is 0. The normalized spacial score (nSPS) is 15.4. The van der Waals surface area contributed by atoms with Crippen LogP contribution in [0.15, 0.2) is 24.3 Å². The summed E-state index contributed by atoms with van der Waals surface area (Å²) in [5.41, 5.74) is 2.58. The van der Waals surface area contributed by atoms with Crippen LogP contribution in [0.3, 0.4) is 0 Å².